The minimum Gasteiger partial charge on any atom is -0.353 e. The van der Waals surface area contributed by atoms with Gasteiger partial charge in [0.05, 0.1) is 10.1 Å². The highest BCUT2D eigenvalue weighted by Crippen LogP contribution is 2.37. The van der Waals surface area contributed by atoms with Crippen molar-refractivity contribution in [1.29, 1.82) is 0 Å². The molecule has 6 nitrogen and oxygen atoms in total. The Labute approximate surface area is 153 Å². The molecule has 1 aromatic rings. The van der Waals surface area contributed by atoms with E-state index in [1.807, 2.05) is 0 Å². The molecule has 26 heavy (non-hydrogen) atoms. The van der Waals surface area contributed by atoms with Crippen molar-refractivity contribution in [2.24, 2.45) is 5.92 Å². The van der Waals surface area contributed by atoms with Crippen molar-refractivity contribution >= 4 is 27.3 Å². The standard InChI is InChI=1S/C19H24N2O4S/c1-12(10-18(22)20-15-4-5-15)26(24,25)16-6-7-17-14(11-16)8-9-21(17)19(23)13-2-3-13/h6-7,11-13,15H,2-5,8-10H2,1H3,(H,20,22). The summed E-state index contributed by atoms with van der Waals surface area (Å²) in [7, 11) is -3.58. The number of carbonyl (C=O) groups is 2. The van der Waals surface area contributed by atoms with E-state index in [1.54, 1.807) is 30.0 Å². The van der Waals surface area contributed by atoms with Crippen molar-refractivity contribution in [1.82, 2.24) is 5.32 Å². The van der Waals surface area contributed by atoms with Gasteiger partial charge in [-0.25, -0.2) is 8.42 Å². The quantitative estimate of drug-likeness (QED) is 0.821. The molecular formula is C19H24N2O4S. The number of amides is 2. The van der Waals surface area contributed by atoms with Gasteiger partial charge in [0.1, 0.15) is 0 Å². The monoisotopic (exact) mass is 376 g/mol. The van der Waals surface area contributed by atoms with Crippen molar-refractivity contribution < 1.29 is 18.0 Å². The van der Waals surface area contributed by atoms with E-state index >= 15 is 0 Å². The van der Waals surface area contributed by atoms with E-state index in [0.29, 0.717) is 13.0 Å². The first-order chi connectivity index (χ1) is 12.4. The van der Waals surface area contributed by atoms with Crippen molar-refractivity contribution in [2.75, 3.05) is 11.4 Å². The Morgan fingerprint density at radius 2 is 1.96 bits per heavy atom. The smallest absolute Gasteiger partial charge is 0.230 e. The van der Waals surface area contributed by atoms with Gasteiger partial charge in [-0.15, -0.1) is 0 Å². The summed E-state index contributed by atoms with van der Waals surface area (Å²) < 4.78 is 25.7. The van der Waals surface area contributed by atoms with E-state index < -0.39 is 15.1 Å². The Bertz CT molecular complexity index is 856. The van der Waals surface area contributed by atoms with Crippen LogP contribution in [0, 0.1) is 5.92 Å². The molecule has 1 heterocycles. The molecule has 2 aliphatic carbocycles. The molecule has 2 fully saturated rings. The Balaban J connectivity index is 1.50. The number of anilines is 1. The zero-order valence-corrected chi connectivity index (χ0v) is 15.7. The molecular weight excluding hydrogens is 352 g/mol. The molecule has 4 rings (SSSR count). The summed E-state index contributed by atoms with van der Waals surface area (Å²) >= 11 is 0. The van der Waals surface area contributed by atoms with E-state index in [0.717, 1.165) is 36.9 Å². The Kier molecular flexibility index (Phi) is 4.29. The fraction of sp³-hybridized carbons (Fsp3) is 0.579. The average molecular weight is 376 g/mol. The summed E-state index contributed by atoms with van der Waals surface area (Å²) in [5.74, 6) is 0.102. The van der Waals surface area contributed by atoms with Gasteiger partial charge in [0.25, 0.3) is 0 Å². The highest BCUT2D eigenvalue weighted by molar-refractivity contribution is 7.92. The van der Waals surface area contributed by atoms with Crippen LogP contribution in [0.15, 0.2) is 23.1 Å². The zero-order valence-electron chi connectivity index (χ0n) is 14.9. The summed E-state index contributed by atoms with van der Waals surface area (Å²) in [5.41, 5.74) is 1.73. The lowest BCUT2D eigenvalue weighted by Crippen LogP contribution is -2.31. The minimum absolute atomic E-state index is 0.0256. The molecule has 0 radical (unpaired) electrons. The highest BCUT2D eigenvalue weighted by atomic mass is 32.2. The van der Waals surface area contributed by atoms with Crippen LogP contribution >= 0.6 is 0 Å². The first kappa shape index (κ1) is 17.5. The van der Waals surface area contributed by atoms with E-state index in [4.69, 9.17) is 0 Å². The number of sulfone groups is 1. The first-order valence-electron chi connectivity index (χ1n) is 9.34. The lowest BCUT2D eigenvalue weighted by Gasteiger charge is -2.18. The molecule has 1 aliphatic heterocycles. The number of benzene rings is 1. The normalized spacial score (nSPS) is 20.6. The lowest BCUT2D eigenvalue weighted by atomic mass is 10.2. The largest absolute Gasteiger partial charge is 0.353 e. The van der Waals surface area contributed by atoms with Crippen LogP contribution in [0.1, 0.15) is 44.6 Å². The molecule has 1 N–H and O–H groups in total. The van der Waals surface area contributed by atoms with Gasteiger partial charge < -0.3 is 10.2 Å². The Hall–Kier alpha value is -1.89. The Morgan fingerprint density at radius 1 is 1.23 bits per heavy atom. The maximum Gasteiger partial charge on any atom is 0.230 e. The van der Waals surface area contributed by atoms with Crippen LogP contribution in [0.5, 0.6) is 0 Å². The maximum atomic E-state index is 12.8. The van der Waals surface area contributed by atoms with Crippen LogP contribution in [-0.2, 0) is 25.8 Å². The summed E-state index contributed by atoms with van der Waals surface area (Å²) in [6.07, 6.45) is 4.52. The van der Waals surface area contributed by atoms with E-state index in [1.165, 1.54) is 0 Å². The van der Waals surface area contributed by atoms with Gasteiger partial charge in [0.2, 0.25) is 11.8 Å². The van der Waals surface area contributed by atoms with Gasteiger partial charge in [-0.05, 0) is 62.8 Å². The number of hydrogen-bond acceptors (Lipinski definition) is 4. The Morgan fingerprint density at radius 3 is 2.62 bits per heavy atom. The maximum absolute atomic E-state index is 12.8. The van der Waals surface area contributed by atoms with Crippen LogP contribution in [0.4, 0.5) is 5.69 Å². The fourth-order valence-electron chi connectivity index (χ4n) is 3.45. The van der Waals surface area contributed by atoms with Gasteiger partial charge in [-0.1, -0.05) is 0 Å². The molecule has 1 atom stereocenters. The van der Waals surface area contributed by atoms with Crippen LogP contribution < -0.4 is 10.2 Å². The van der Waals surface area contributed by atoms with Crippen molar-refractivity contribution in [3.05, 3.63) is 23.8 Å². The van der Waals surface area contributed by atoms with Gasteiger partial charge in [0, 0.05) is 30.6 Å². The van der Waals surface area contributed by atoms with Gasteiger partial charge in [-0.3, -0.25) is 9.59 Å². The van der Waals surface area contributed by atoms with Crippen molar-refractivity contribution in [3.8, 4) is 0 Å². The third-order valence-corrected chi connectivity index (χ3v) is 7.55. The molecule has 2 amide bonds. The fourth-order valence-corrected chi connectivity index (χ4v) is 4.85. The second-order valence-electron chi connectivity index (χ2n) is 7.71. The summed E-state index contributed by atoms with van der Waals surface area (Å²) in [5, 5.41) is 2.06. The lowest BCUT2D eigenvalue weighted by molar-refractivity contribution is -0.121. The first-order valence-corrected chi connectivity index (χ1v) is 10.9. The molecule has 1 aromatic carbocycles. The van der Waals surface area contributed by atoms with Crippen LogP contribution in [0.25, 0.3) is 0 Å². The second kappa shape index (κ2) is 6.37. The molecule has 0 bridgehead atoms. The molecule has 0 saturated heterocycles. The van der Waals surface area contributed by atoms with Crippen LogP contribution in [0.3, 0.4) is 0 Å². The van der Waals surface area contributed by atoms with Gasteiger partial charge in [-0.2, -0.15) is 0 Å². The van der Waals surface area contributed by atoms with Gasteiger partial charge in [0.15, 0.2) is 9.84 Å². The van der Waals surface area contributed by atoms with E-state index in [9.17, 15) is 18.0 Å². The van der Waals surface area contributed by atoms with E-state index in [2.05, 4.69) is 5.32 Å². The SMILES string of the molecule is CC(CC(=O)NC1CC1)S(=O)(=O)c1ccc2c(c1)CCN2C(=O)C1CC1. The number of fused-ring (bicyclic) bond motifs is 1. The third-order valence-electron chi connectivity index (χ3n) is 5.41. The average Bonchev–Trinajstić information content (AvgIpc) is 3.52. The second-order valence-corrected chi connectivity index (χ2v) is 10.1. The number of rotatable bonds is 6. The van der Waals surface area contributed by atoms with Crippen molar-refractivity contribution in [2.45, 2.75) is 61.6 Å². The number of nitrogens with zero attached hydrogens (tertiary/aromatic N) is 1. The number of nitrogens with one attached hydrogen (secondary N) is 1. The number of carbonyl (C=O) groups excluding carboxylic acids is 2. The molecule has 0 aromatic heterocycles. The topological polar surface area (TPSA) is 83.6 Å². The van der Waals surface area contributed by atoms with Crippen LogP contribution in [-0.4, -0.2) is 38.1 Å². The third kappa shape index (κ3) is 3.37. The molecule has 1 unspecified atom stereocenters. The van der Waals surface area contributed by atoms with Gasteiger partial charge >= 0.3 is 0 Å². The molecule has 7 heteroatoms. The zero-order chi connectivity index (χ0) is 18.5. The predicted molar refractivity (Wildman–Crippen MR) is 97.7 cm³/mol. The molecule has 2 saturated carbocycles. The van der Waals surface area contributed by atoms with Crippen molar-refractivity contribution in [3.63, 3.8) is 0 Å². The van der Waals surface area contributed by atoms with E-state index in [-0.39, 0.29) is 35.1 Å². The molecule has 0 spiro atoms. The summed E-state index contributed by atoms with van der Waals surface area (Å²) in [4.78, 5) is 26.3. The summed E-state index contributed by atoms with van der Waals surface area (Å²) in [6.45, 7) is 2.20. The number of hydrogen-bond donors (Lipinski definition) is 1. The molecule has 3 aliphatic rings. The predicted octanol–water partition coefficient (Wildman–Crippen LogP) is 1.82. The van der Waals surface area contributed by atoms with Crippen LogP contribution in [0.2, 0.25) is 0 Å². The molecule has 140 valence electrons. The minimum atomic E-state index is -3.58. The summed E-state index contributed by atoms with van der Waals surface area (Å²) in [6, 6.07) is 5.22. The highest BCUT2D eigenvalue weighted by Gasteiger charge is 2.37.